The summed E-state index contributed by atoms with van der Waals surface area (Å²) >= 11 is 0. The molecule has 0 radical (unpaired) electrons. The minimum atomic E-state index is -0.0630. The Balaban J connectivity index is 1.49. The molecular formula is C32H36N6O. The van der Waals surface area contributed by atoms with E-state index in [0.717, 1.165) is 40.7 Å². The Hall–Kier alpha value is -4.10. The summed E-state index contributed by atoms with van der Waals surface area (Å²) in [6.45, 7) is 10.2. The molecule has 200 valence electrons. The third-order valence-electron chi connectivity index (χ3n) is 7.65. The summed E-state index contributed by atoms with van der Waals surface area (Å²) in [5, 5.41) is 13.9. The molecule has 0 saturated carbocycles. The van der Waals surface area contributed by atoms with E-state index in [4.69, 9.17) is 0 Å². The first-order valence-electron chi connectivity index (χ1n) is 13.6. The molecule has 39 heavy (non-hydrogen) atoms. The smallest absolute Gasteiger partial charge is 0.252 e. The maximum Gasteiger partial charge on any atom is 0.252 e. The van der Waals surface area contributed by atoms with Crippen LogP contribution in [-0.2, 0) is 26.1 Å². The van der Waals surface area contributed by atoms with Crippen molar-refractivity contribution in [2.45, 2.75) is 66.2 Å². The van der Waals surface area contributed by atoms with Gasteiger partial charge in [-0.3, -0.25) is 9.69 Å². The quantitative estimate of drug-likeness (QED) is 0.250. The fraction of sp³-hybridized carbons (Fsp3) is 0.312. The summed E-state index contributed by atoms with van der Waals surface area (Å²) < 4.78 is 1.92. The van der Waals surface area contributed by atoms with Crippen LogP contribution in [0.4, 0.5) is 0 Å². The van der Waals surface area contributed by atoms with Gasteiger partial charge < -0.3 is 4.98 Å². The molecule has 0 fully saturated rings. The van der Waals surface area contributed by atoms with Crippen molar-refractivity contribution in [1.82, 2.24) is 30.1 Å². The molecule has 0 aliphatic rings. The lowest BCUT2D eigenvalue weighted by atomic mass is 10.0. The predicted octanol–water partition coefficient (Wildman–Crippen LogP) is 5.84. The Kier molecular flexibility index (Phi) is 7.98. The molecule has 2 aromatic heterocycles. The first-order chi connectivity index (χ1) is 18.9. The lowest BCUT2D eigenvalue weighted by Crippen LogP contribution is -2.32. The minimum Gasteiger partial charge on any atom is -0.321 e. The number of nitrogens with zero attached hydrogens (tertiary/aromatic N) is 5. The molecule has 5 aromatic rings. The number of nitrogens with one attached hydrogen (secondary N) is 1. The summed E-state index contributed by atoms with van der Waals surface area (Å²) in [5.41, 5.74) is 7.52. The summed E-state index contributed by atoms with van der Waals surface area (Å²) in [6, 6.07) is 25.1. The van der Waals surface area contributed by atoms with Crippen molar-refractivity contribution in [3.8, 4) is 0 Å². The van der Waals surface area contributed by atoms with Gasteiger partial charge >= 0.3 is 0 Å². The third-order valence-corrected chi connectivity index (χ3v) is 7.65. The first-order valence-corrected chi connectivity index (χ1v) is 13.6. The van der Waals surface area contributed by atoms with Crippen molar-refractivity contribution < 1.29 is 0 Å². The fourth-order valence-corrected chi connectivity index (χ4v) is 5.20. The van der Waals surface area contributed by atoms with Gasteiger partial charge in [0, 0.05) is 25.2 Å². The molecule has 3 aromatic carbocycles. The molecule has 7 nitrogen and oxygen atoms in total. The largest absolute Gasteiger partial charge is 0.321 e. The Labute approximate surface area is 229 Å². The molecule has 1 unspecified atom stereocenters. The number of fused-ring (bicyclic) bond motifs is 1. The van der Waals surface area contributed by atoms with Gasteiger partial charge in [-0.2, -0.15) is 0 Å². The molecule has 7 heteroatoms. The van der Waals surface area contributed by atoms with Crippen molar-refractivity contribution in [3.05, 3.63) is 122 Å². The highest BCUT2D eigenvalue weighted by Crippen LogP contribution is 2.27. The number of aryl methyl sites for hydroxylation is 5. The zero-order valence-electron chi connectivity index (χ0n) is 23.2. The maximum atomic E-state index is 13.3. The van der Waals surface area contributed by atoms with Gasteiger partial charge in [-0.05, 0) is 77.7 Å². The van der Waals surface area contributed by atoms with Crippen LogP contribution in [-0.4, -0.2) is 30.1 Å². The van der Waals surface area contributed by atoms with Gasteiger partial charge in [-0.25, -0.2) is 4.68 Å². The highest BCUT2D eigenvalue weighted by atomic mass is 16.1. The molecule has 2 heterocycles. The number of rotatable bonds is 10. The van der Waals surface area contributed by atoms with E-state index < -0.39 is 0 Å². The highest BCUT2D eigenvalue weighted by molar-refractivity contribution is 5.83. The maximum absolute atomic E-state index is 13.3. The summed E-state index contributed by atoms with van der Waals surface area (Å²) in [5.74, 6) is 0.823. The van der Waals surface area contributed by atoms with Crippen LogP contribution in [0.15, 0.2) is 77.6 Å². The monoisotopic (exact) mass is 520 g/mol. The average molecular weight is 521 g/mol. The average Bonchev–Trinajstić information content (AvgIpc) is 3.41. The van der Waals surface area contributed by atoms with E-state index in [9.17, 15) is 4.79 Å². The van der Waals surface area contributed by atoms with E-state index in [1.807, 2.05) is 16.8 Å². The number of pyridine rings is 1. The van der Waals surface area contributed by atoms with Crippen LogP contribution in [0.25, 0.3) is 10.9 Å². The molecule has 0 amide bonds. The van der Waals surface area contributed by atoms with E-state index in [1.54, 1.807) is 0 Å². The van der Waals surface area contributed by atoms with Gasteiger partial charge in [0.25, 0.3) is 5.56 Å². The lowest BCUT2D eigenvalue weighted by Gasteiger charge is -2.30. The normalized spacial score (nSPS) is 12.3. The SMILES string of the molecule is CCC(c1nnnn1CCc1ccccc1)N(Cc1ccc(C)cc1)Cc1cc2ccc(C)c(C)c2[nH]c1=O. The summed E-state index contributed by atoms with van der Waals surface area (Å²) in [4.78, 5) is 18.8. The molecule has 5 rings (SSSR count). The molecule has 0 aliphatic heterocycles. The van der Waals surface area contributed by atoms with Crippen molar-refractivity contribution in [1.29, 1.82) is 0 Å². The molecule has 0 saturated heterocycles. The standard InChI is InChI=1S/C32H36N6O/c1-5-29(31-34-35-36-38(31)18-17-25-9-7-6-8-10-25)37(20-26-14-11-22(2)12-15-26)21-28-19-27-16-13-23(3)24(4)30(27)33-32(28)39/h6-16,19,29H,5,17-18,20-21H2,1-4H3,(H,33,39). The Morgan fingerprint density at radius 3 is 2.44 bits per heavy atom. The van der Waals surface area contributed by atoms with Gasteiger partial charge in [-0.1, -0.05) is 79.2 Å². The summed E-state index contributed by atoms with van der Waals surface area (Å²) in [6.07, 6.45) is 1.65. The van der Waals surface area contributed by atoms with Gasteiger partial charge in [0.1, 0.15) is 0 Å². The van der Waals surface area contributed by atoms with Crippen molar-refractivity contribution >= 4 is 10.9 Å². The van der Waals surface area contributed by atoms with Crippen molar-refractivity contribution in [2.24, 2.45) is 0 Å². The second kappa shape index (κ2) is 11.7. The number of hydrogen-bond acceptors (Lipinski definition) is 5. The highest BCUT2D eigenvalue weighted by Gasteiger charge is 2.26. The lowest BCUT2D eigenvalue weighted by molar-refractivity contribution is 0.160. The van der Waals surface area contributed by atoms with E-state index in [1.165, 1.54) is 22.3 Å². The topological polar surface area (TPSA) is 79.7 Å². The van der Waals surface area contributed by atoms with E-state index in [0.29, 0.717) is 19.6 Å². The number of benzene rings is 3. The second-order valence-corrected chi connectivity index (χ2v) is 10.4. The number of H-pyrrole nitrogens is 1. The van der Waals surface area contributed by atoms with Gasteiger partial charge in [-0.15, -0.1) is 5.10 Å². The van der Waals surface area contributed by atoms with Crippen LogP contribution in [0.3, 0.4) is 0 Å². The molecule has 0 bridgehead atoms. The first kappa shape index (κ1) is 26.5. The van der Waals surface area contributed by atoms with Crippen molar-refractivity contribution in [2.75, 3.05) is 0 Å². The Bertz CT molecular complexity index is 1600. The van der Waals surface area contributed by atoms with Gasteiger partial charge in [0.2, 0.25) is 0 Å². The van der Waals surface area contributed by atoms with Crippen LogP contribution in [0, 0.1) is 20.8 Å². The zero-order valence-corrected chi connectivity index (χ0v) is 23.2. The second-order valence-electron chi connectivity index (χ2n) is 10.4. The van der Waals surface area contributed by atoms with Crippen LogP contribution >= 0.6 is 0 Å². The van der Waals surface area contributed by atoms with Gasteiger partial charge in [0.15, 0.2) is 5.82 Å². The minimum absolute atomic E-state index is 0.0522. The van der Waals surface area contributed by atoms with Crippen LogP contribution in [0.1, 0.15) is 58.6 Å². The molecule has 1 atom stereocenters. The Morgan fingerprint density at radius 1 is 0.923 bits per heavy atom. The molecular weight excluding hydrogens is 484 g/mol. The van der Waals surface area contributed by atoms with E-state index >= 15 is 0 Å². The van der Waals surface area contributed by atoms with Crippen LogP contribution in [0.5, 0.6) is 0 Å². The number of aromatic amines is 1. The summed E-state index contributed by atoms with van der Waals surface area (Å²) in [7, 11) is 0. The van der Waals surface area contributed by atoms with E-state index in [-0.39, 0.29) is 11.6 Å². The van der Waals surface area contributed by atoms with Crippen molar-refractivity contribution in [3.63, 3.8) is 0 Å². The molecule has 0 spiro atoms. The number of aromatic nitrogens is 5. The number of tetrazole rings is 1. The number of hydrogen-bond donors (Lipinski definition) is 1. The van der Waals surface area contributed by atoms with Gasteiger partial charge in [0.05, 0.1) is 11.6 Å². The molecule has 1 N–H and O–H groups in total. The Morgan fingerprint density at radius 2 is 1.69 bits per heavy atom. The van der Waals surface area contributed by atoms with Crippen LogP contribution < -0.4 is 5.56 Å². The van der Waals surface area contributed by atoms with E-state index in [2.05, 4.69) is 114 Å². The predicted molar refractivity (Wildman–Crippen MR) is 155 cm³/mol. The fourth-order valence-electron chi connectivity index (χ4n) is 5.20. The third kappa shape index (κ3) is 5.99. The zero-order chi connectivity index (χ0) is 27.4. The van der Waals surface area contributed by atoms with Crippen LogP contribution in [0.2, 0.25) is 0 Å². The molecule has 0 aliphatic carbocycles.